The van der Waals surface area contributed by atoms with Crippen molar-refractivity contribution in [1.29, 1.82) is 5.26 Å². The summed E-state index contributed by atoms with van der Waals surface area (Å²) in [5, 5.41) is 8.75. The summed E-state index contributed by atoms with van der Waals surface area (Å²) in [5.41, 5.74) is -0.157. The van der Waals surface area contributed by atoms with Gasteiger partial charge in [0.1, 0.15) is 24.0 Å². The van der Waals surface area contributed by atoms with Crippen molar-refractivity contribution in [3.8, 4) is 6.07 Å². The van der Waals surface area contributed by atoms with Crippen molar-refractivity contribution >= 4 is 17.8 Å². The Balaban J connectivity index is 2.02. The first-order chi connectivity index (χ1) is 10.3. The van der Waals surface area contributed by atoms with Crippen molar-refractivity contribution in [3.05, 3.63) is 23.9 Å². The minimum atomic E-state index is -0.591. The lowest BCUT2D eigenvalue weighted by Crippen LogP contribution is -2.53. The fraction of sp³-hybridized carbons (Fsp3) is 0.467. The molecule has 2 heterocycles. The van der Waals surface area contributed by atoms with Crippen LogP contribution in [-0.4, -0.2) is 47.1 Å². The largest absolute Gasteiger partial charge is 0.444 e. The number of nitriles is 1. The Bertz CT molecular complexity index is 613. The minimum Gasteiger partial charge on any atom is -0.444 e. The zero-order valence-electron chi connectivity index (χ0n) is 12.9. The molecule has 0 unspecified atom stereocenters. The zero-order valence-corrected chi connectivity index (χ0v) is 12.9. The van der Waals surface area contributed by atoms with E-state index in [0.29, 0.717) is 24.5 Å². The van der Waals surface area contributed by atoms with E-state index in [-0.39, 0.29) is 12.5 Å². The van der Waals surface area contributed by atoms with Crippen LogP contribution in [0.25, 0.3) is 0 Å². The molecule has 0 atom stereocenters. The molecule has 1 aliphatic rings. The molecule has 1 saturated heterocycles. The maximum absolute atomic E-state index is 12.2. The number of anilines is 1. The third-order valence-electron chi connectivity index (χ3n) is 3.03. The number of pyridine rings is 1. The number of aromatic nitrogens is 1. The molecule has 2 amide bonds. The van der Waals surface area contributed by atoms with Gasteiger partial charge in [-0.25, -0.2) is 9.78 Å². The van der Waals surface area contributed by atoms with Gasteiger partial charge in [0.2, 0.25) is 5.91 Å². The normalized spacial score (nSPS) is 15.5. The minimum absolute atomic E-state index is 0.0450. The van der Waals surface area contributed by atoms with Crippen molar-refractivity contribution < 1.29 is 14.3 Å². The first kappa shape index (κ1) is 15.8. The van der Waals surface area contributed by atoms with E-state index in [1.54, 1.807) is 32.9 Å². The molecule has 0 bridgehead atoms. The van der Waals surface area contributed by atoms with E-state index in [9.17, 15) is 9.59 Å². The number of amides is 2. The fourth-order valence-electron chi connectivity index (χ4n) is 2.01. The Morgan fingerprint density at radius 2 is 2.09 bits per heavy atom. The predicted octanol–water partition coefficient (Wildman–Crippen LogP) is 1.54. The lowest BCUT2D eigenvalue weighted by Gasteiger charge is -2.34. The Kier molecular flexibility index (Phi) is 4.31. The standard InChI is InChI=1S/C15H18N4O3/c1-15(2,3)22-14(21)18-6-7-19(13(20)10-18)12-5-4-11(8-16)9-17-12/h4-5,9H,6-7,10H2,1-3H3. The molecule has 0 aliphatic carbocycles. The average Bonchev–Trinajstić information content (AvgIpc) is 2.45. The zero-order chi connectivity index (χ0) is 16.3. The van der Waals surface area contributed by atoms with Crippen LogP contribution in [0.2, 0.25) is 0 Å². The first-order valence-corrected chi connectivity index (χ1v) is 6.94. The Morgan fingerprint density at radius 1 is 1.36 bits per heavy atom. The molecule has 22 heavy (non-hydrogen) atoms. The van der Waals surface area contributed by atoms with Crippen molar-refractivity contribution in [2.75, 3.05) is 24.5 Å². The van der Waals surface area contributed by atoms with Crippen LogP contribution in [0.3, 0.4) is 0 Å². The third-order valence-corrected chi connectivity index (χ3v) is 3.03. The van der Waals surface area contributed by atoms with Crippen LogP contribution in [0, 0.1) is 11.3 Å². The molecule has 0 aromatic carbocycles. The highest BCUT2D eigenvalue weighted by molar-refractivity contribution is 5.96. The Morgan fingerprint density at radius 3 is 2.59 bits per heavy atom. The molecule has 0 spiro atoms. The number of hydrogen-bond donors (Lipinski definition) is 0. The number of ether oxygens (including phenoxy) is 1. The van der Waals surface area contributed by atoms with Gasteiger partial charge in [-0.1, -0.05) is 0 Å². The highest BCUT2D eigenvalue weighted by Crippen LogP contribution is 2.17. The number of carbonyl (C=O) groups excluding carboxylic acids is 2. The predicted molar refractivity (Wildman–Crippen MR) is 79.1 cm³/mol. The SMILES string of the molecule is CC(C)(C)OC(=O)N1CCN(c2ccc(C#N)cn2)C(=O)C1. The lowest BCUT2D eigenvalue weighted by molar-refractivity contribution is -0.121. The van der Waals surface area contributed by atoms with Crippen LogP contribution in [0.5, 0.6) is 0 Å². The van der Waals surface area contributed by atoms with Crippen LogP contribution in [0.15, 0.2) is 18.3 Å². The van der Waals surface area contributed by atoms with E-state index in [2.05, 4.69) is 4.98 Å². The molecular formula is C15H18N4O3. The molecule has 0 radical (unpaired) electrons. The van der Waals surface area contributed by atoms with Crippen molar-refractivity contribution in [2.45, 2.75) is 26.4 Å². The summed E-state index contributed by atoms with van der Waals surface area (Å²) in [6.45, 7) is 6.02. The summed E-state index contributed by atoms with van der Waals surface area (Å²) in [7, 11) is 0. The second kappa shape index (κ2) is 6.02. The Hall–Kier alpha value is -2.62. The molecule has 1 aromatic rings. The van der Waals surface area contributed by atoms with Gasteiger partial charge >= 0.3 is 6.09 Å². The van der Waals surface area contributed by atoms with E-state index < -0.39 is 11.7 Å². The van der Waals surface area contributed by atoms with Crippen molar-refractivity contribution in [1.82, 2.24) is 9.88 Å². The monoisotopic (exact) mass is 302 g/mol. The second-order valence-corrected chi connectivity index (χ2v) is 5.96. The van der Waals surface area contributed by atoms with Gasteiger partial charge in [-0.2, -0.15) is 5.26 Å². The van der Waals surface area contributed by atoms with Gasteiger partial charge in [0, 0.05) is 19.3 Å². The summed E-state index contributed by atoms with van der Waals surface area (Å²) in [6, 6.07) is 5.21. The molecule has 7 heteroatoms. The lowest BCUT2D eigenvalue weighted by atomic mass is 10.2. The second-order valence-electron chi connectivity index (χ2n) is 5.96. The molecule has 0 N–H and O–H groups in total. The summed E-state index contributed by atoms with van der Waals surface area (Å²) in [6.07, 6.45) is 0.927. The van der Waals surface area contributed by atoms with Gasteiger partial charge in [-0.3, -0.25) is 14.6 Å². The smallest absolute Gasteiger partial charge is 0.410 e. The van der Waals surface area contributed by atoms with Crippen LogP contribution in [0.4, 0.5) is 10.6 Å². The van der Waals surface area contributed by atoms with Crippen molar-refractivity contribution in [3.63, 3.8) is 0 Å². The molecule has 1 aromatic heterocycles. The van der Waals surface area contributed by atoms with E-state index in [1.165, 1.54) is 16.0 Å². The van der Waals surface area contributed by atoms with Gasteiger partial charge in [0.05, 0.1) is 5.56 Å². The summed E-state index contributed by atoms with van der Waals surface area (Å²) in [4.78, 5) is 31.2. The summed E-state index contributed by atoms with van der Waals surface area (Å²) >= 11 is 0. The van der Waals surface area contributed by atoms with E-state index in [4.69, 9.17) is 10.00 Å². The summed E-state index contributed by atoms with van der Waals surface area (Å²) < 4.78 is 5.26. The molecule has 0 saturated carbocycles. The van der Waals surface area contributed by atoms with Crippen LogP contribution in [-0.2, 0) is 9.53 Å². The number of piperazine rings is 1. The summed E-state index contributed by atoms with van der Waals surface area (Å²) in [5.74, 6) is 0.252. The molecule has 116 valence electrons. The highest BCUT2D eigenvalue weighted by Gasteiger charge is 2.31. The van der Waals surface area contributed by atoms with Crippen LogP contribution >= 0.6 is 0 Å². The molecule has 1 aliphatic heterocycles. The maximum Gasteiger partial charge on any atom is 0.410 e. The molecule has 2 rings (SSSR count). The number of rotatable bonds is 1. The highest BCUT2D eigenvalue weighted by atomic mass is 16.6. The fourth-order valence-corrected chi connectivity index (χ4v) is 2.01. The van der Waals surface area contributed by atoms with Gasteiger partial charge in [-0.05, 0) is 32.9 Å². The van der Waals surface area contributed by atoms with E-state index in [0.717, 1.165) is 0 Å². The van der Waals surface area contributed by atoms with Gasteiger partial charge < -0.3 is 4.74 Å². The third kappa shape index (κ3) is 3.73. The average molecular weight is 302 g/mol. The van der Waals surface area contributed by atoms with Crippen LogP contribution in [0.1, 0.15) is 26.3 Å². The topological polar surface area (TPSA) is 86.5 Å². The van der Waals surface area contributed by atoms with Gasteiger partial charge in [-0.15, -0.1) is 0 Å². The van der Waals surface area contributed by atoms with Crippen molar-refractivity contribution in [2.24, 2.45) is 0 Å². The number of carbonyl (C=O) groups is 2. The first-order valence-electron chi connectivity index (χ1n) is 6.94. The number of hydrogen-bond acceptors (Lipinski definition) is 5. The molecular weight excluding hydrogens is 284 g/mol. The maximum atomic E-state index is 12.2. The van der Waals surface area contributed by atoms with Gasteiger partial charge in [0.15, 0.2) is 0 Å². The van der Waals surface area contributed by atoms with Crippen LogP contribution < -0.4 is 4.90 Å². The van der Waals surface area contributed by atoms with E-state index in [1.807, 2.05) is 6.07 Å². The Labute approximate surface area is 129 Å². The van der Waals surface area contributed by atoms with Gasteiger partial charge in [0.25, 0.3) is 0 Å². The number of nitrogens with zero attached hydrogens (tertiary/aromatic N) is 4. The molecule has 7 nitrogen and oxygen atoms in total. The molecule has 1 fully saturated rings. The van der Waals surface area contributed by atoms with E-state index >= 15 is 0 Å². The quantitative estimate of drug-likeness (QED) is 0.785.